The van der Waals surface area contributed by atoms with Crippen molar-refractivity contribution in [3.8, 4) is 0 Å². The number of methoxy groups -OCH3 is 1. The van der Waals surface area contributed by atoms with E-state index in [1.807, 2.05) is 0 Å². The first-order valence-corrected chi connectivity index (χ1v) is 6.01. The summed E-state index contributed by atoms with van der Waals surface area (Å²) in [5.74, 6) is -1.63. The van der Waals surface area contributed by atoms with E-state index in [2.05, 4.69) is 0 Å². The molecule has 1 rings (SSSR count). The van der Waals surface area contributed by atoms with Gasteiger partial charge in [-0.05, 0) is 0 Å². The van der Waals surface area contributed by atoms with Gasteiger partial charge in [-0.25, -0.2) is 0 Å². The van der Waals surface area contributed by atoms with E-state index in [9.17, 15) is 14.4 Å². The Kier molecular flexibility index (Phi) is 5.90. The van der Waals surface area contributed by atoms with Crippen molar-refractivity contribution in [3.63, 3.8) is 0 Å². The molecule has 0 aliphatic carbocycles. The Morgan fingerprint density at radius 1 is 0.950 bits per heavy atom. The standard InChI is InChI=1S/C12H18O8/c1-6(13)17-5-9-10(18-7(2)14)11(19-8(3)15)12(16-4)20-9/h9-12H,5H2,1-4H3/t9-,10+,11+,12+/m1/s1. The second kappa shape index (κ2) is 7.20. The number of hydrogen-bond donors (Lipinski definition) is 0. The molecule has 4 atom stereocenters. The van der Waals surface area contributed by atoms with Crippen LogP contribution in [0, 0.1) is 0 Å². The van der Waals surface area contributed by atoms with E-state index in [0.29, 0.717) is 0 Å². The van der Waals surface area contributed by atoms with Crippen LogP contribution in [0.15, 0.2) is 0 Å². The maximum atomic E-state index is 11.1. The lowest BCUT2D eigenvalue weighted by Gasteiger charge is -2.22. The first-order chi connectivity index (χ1) is 9.35. The minimum absolute atomic E-state index is 0.134. The smallest absolute Gasteiger partial charge is 0.303 e. The molecule has 0 aromatic heterocycles. The molecule has 0 N–H and O–H groups in total. The van der Waals surface area contributed by atoms with Crippen molar-refractivity contribution in [3.05, 3.63) is 0 Å². The summed E-state index contributed by atoms with van der Waals surface area (Å²) in [6, 6.07) is 0. The molecule has 1 aliphatic rings. The zero-order chi connectivity index (χ0) is 15.3. The van der Waals surface area contributed by atoms with Crippen molar-refractivity contribution in [2.75, 3.05) is 13.7 Å². The lowest BCUT2D eigenvalue weighted by Crippen LogP contribution is -2.41. The largest absolute Gasteiger partial charge is 0.463 e. The SMILES string of the molecule is CO[C@H]1O[C@H](COC(C)=O)[C@H](OC(C)=O)[C@@H]1OC(C)=O. The van der Waals surface area contributed by atoms with E-state index in [4.69, 9.17) is 23.7 Å². The maximum Gasteiger partial charge on any atom is 0.303 e. The fraction of sp³-hybridized carbons (Fsp3) is 0.750. The van der Waals surface area contributed by atoms with E-state index in [-0.39, 0.29) is 6.61 Å². The van der Waals surface area contributed by atoms with Gasteiger partial charge in [0.2, 0.25) is 0 Å². The second-order valence-corrected chi connectivity index (χ2v) is 4.23. The van der Waals surface area contributed by atoms with Gasteiger partial charge in [-0.2, -0.15) is 0 Å². The van der Waals surface area contributed by atoms with Crippen LogP contribution in [0.1, 0.15) is 20.8 Å². The van der Waals surface area contributed by atoms with Crippen molar-refractivity contribution >= 4 is 17.9 Å². The van der Waals surface area contributed by atoms with Crippen LogP contribution in [0.5, 0.6) is 0 Å². The summed E-state index contributed by atoms with van der Waals surface area (Å²) in [5.41, 5.74) is 0. The van der Waals surface area contributed by atoms with Gasteiger partial charge in [-0.1, -0.05) is 0 Å². The van der Waals surface area contributed by atoms with Gasteiger partial charge < -0.3 is 23.7 Å². The Hall–Kier alpha value is -1.67. The normalized spacial score (nSPS) is 28.8. The fourth-order valence-electron chi connectivity index (χ4n) is 1.87. The van der Waals surface area contributed by atoms with E-state index in [1.54, 1.807) is 0 Å². The predicted octanol–water partition coefficient (Wildman–Crippen LogP) is -0.216. The molecule has 1 saturated heterocycles. The first kappa shape index (κ1) is 16.4. The molecule has 1 heterocycles. The van der Waals surface area contributed by atoms with E-state index in [1.165, 1.54) is 27.9 Å². The van der Waals surface area contributed by atoms with Crippen LogP contribution in [-0.2, 0) is 38.1 Å². The van der Waals surface area contributed by atoms with E-state index < -0.39 is 42.5 Å². The second-order valence-electron chi connectivity index (χ2n) is 4.23. The number of rotatable bonds is 5. The van der Waals surface area contributed by atoms with Crippen LogP contribution in [0.4, 0.5) is 0 Å². The van der Waals surface area contributed by atoms with Crippen LogP contribution >= 0.6 is 0 Å². The molecule has 0 saturated carbocycles. The molecule has 0 aromatic rings. The summed E-state index contributed by atoms with van der Waals surface area (Å²) in [7, 11) is 1.36. The average Bonchev–Trinajstić information content (AvgIpc) is 2.63. The lowest BCUT2D eigenvalue weighted by atomic mass is 10.1. The van der Waals surface area contributed by atoms with Crippen LogP contribution < -0.4 is 0 Å². The van der Waals surface area contributed by atoms with Crippen LogP contribution in [0.3, 0.4) is 0 Å². The zero-order valence-electron chi connectivity index (χ0n) is 11.8. The van der Waals surface area contributed by atoms with Gasteiger partial charge in [-0.15, -0.1) is 0 Å². The Morgan fingerprint density at radius 3 is 1.95 bits per heavy atom. The van der Waals surface area contributed by atoms with Crippen molar-refractivity contribution in [1.82, 2.24) is 0 Å². The zero-order valence-corrected chi connectivity index (χ0v) is 11.8. The van der Waals surface area contributed by atoms with Gasteiger partial charge >= 0.3 is 17.9 Å². The Bertz CT molecular complexity index is 380. The summed E-state index contributed by atoms with van der Waals surface area (Å²) in [5, 5.41) is 0. The number of esters is 3. The quantitative estimate of drug-likeness (QED) is 0.506. The molecule has 0 amide bonds. The highest BCUT2D eigenvalue weighted by Crippen LogP contribution is 2.27. The molecule has 0 radical (unpaired) electrons. The molecule has 0 aromatic carbocycles. The molecule has 20 heavy (non-hydrogen) atoms. The molecule has 1 aliphatic heterocycles. The molecular formula is C12H18O8. The number of hydrogen-bond acceptors (Lipinski definition) is 8. The fourth-order valence-corrected chi connectivity index (χ4v) is 1.87. The highest BCUT2D eigenvalue weighted by Gasteiger charge is 2.49. The third-order valence-electron chi connectivity index (χ3n) is 2.55. The summed E-state index contributed by atoms with van der Waals surface area (Å²) in [6.07, 6.45) is -3.48. The molecule has 0 bridgehead atoms. The van der Waals surface area contributed by atoms with E-state index in [0.717, 1.165) is 0 Å². The minimum atomic E-state index is -0.915. The van der Waals surface area contributed by atoms with Crippen LogP contribution in [0.2, 0.25) is 0 Å². The van der Waals surface area contributed by atoms with Gasteiger partial charge in [0.1, 0.15) is 12.7 Å². The molecular weight excluding hydrogens is 272 g/mol. The summed E-state index contributed by atoms with van der Waals surface area (Å²) < 4.78 is 25.5. The van der Waals surface area contributed by atoms with Crippen molar-refractivity contribution in [2.45, 2.75) is 45.4 Å². The highest BCUT2D eigenvalue weighted by atomic mass is 16.7. The Balaban J connectivity index is 2.84. The van der Waals surface area contributed by atoms with Crippen LogP contribution in [0.25, 0.3) is 0 Å². The topological polar surface area (TPSA) is 97.4 Å². The van der Waals surface area contributed by atoms with Gasteiger partial charge in [-0.3, -0.25) is 14.4 Å². The van der Waals surface area contributed by atoms with Crippen molar-refractivity contribution in [2.24, 2.45) is 0 Å². The van der Waals surface area contributed by atoms with Gasteiger partial charge in [0.15, 0.2) is 18.5 Å². The minimum Gasteiger partial charge on any atom is -0.463 e. The van der Waals surface area contributed by atoms with Crippen LogP contribution in [-0.4, -0.2) is 56.2 Å². The van der Waals surface area contributed by atoms with E-state index >= 15 is 0 Å². The number of ether oxygens (including phenoxy) is 5. The molecule has 0 unspecified atom stereocenters. The average molecular weight is 290 g/mol. The molecule has 0 spiro atoms. The lowest BCUT2D eigenvalue weighted by molar-refractivity contribution is -0.181. The Labute approximate surface area is 116 Å². The Morgan fingerprint density at radius 2 is 1.50 bits per heavy atom. The van der Waals surface area contributed by atoms with Gasteiger partial charge in [0, 0.05) is 27.9 Å². The number of carbonyl (C=O) groups excluding carboxylic acids is 3. The molecule has 114 valence electrons. The maximum absolute atomic E-state index is 11.1. The third-order valence-corrected chi connectivity index (χ3v) is 2.55. The van der Waals surface area contributed by atoms with Gasteiger partial charge in [0.25, 0.3) is 0 Å². The third kappa shape index (κ3) is 4.46. The molecule has 1 fully saturated rings. The van der Waals surface area contributed by atoms with Gasteiger partial charge in [0.05, 0.1) is 0 Å². The summed E-state index contributed by atoms with van der Waals surface area (Å²) in [6.45, 7) is 3.54. The predicted molar refractivity (Wildman–Crippen MR) is 63.4 cm³/mol. The molecule has 8 heteroatoms. The number of carbonyl (C=O) groups is 3. The summed E-state index contributed by atoms with van der Waals surface area (Å²) in [4.78, 5) is 33.1. The highest BCUT2D eigenvalue weighted by molar-refractivity contribution is 5.67. The summed E-state index contributed by atoms with van der Waals surface area (Å²) >= 11 is 0. The molecule has 8 nitrogen and oxygen atoms in total. The first-order valence-electron chi connectivity index (χ1n) is 6.01. The van der Waals surface area contributed by atoms with Crippen molar-refractivity contribution in [1.29, 1.82) is 0 Å². The monoisotopic (exact) mass is 290 g/mol. The van der Waals surface area contributed by atoms with Crippen molar-refractivity contribution < 1.29 is 38.1 Å².